The molecule has 3 rings (SSSR count). The van der Waals surface area contributed by atoms with E-state index in [1.54, 1.807) is 7.11 Å². The number of methoxy groups -OCH3 is 1. The molecule has 8 heteroatoms. The van der Waals surface area contributed by atoms with Gasteiger partial charge in [0.05, 0.1) is 18.6 Å². The topological polar surface area (TPSA) is 76.1 Å². The first-order valence-corrected chi connectivity index (χ1v) is 10.6. The Morgan fingerprint density at radius 1 is 1.14 bits per heavy atom. The van der Waals surface area contributed by atoms with E-state index in [-0.39, 0.29) is 11.7 Å². The summed E-state index contributed by atoms with van der Waals surface area (Å²) >= 11 is 2.75. The summed E-state index contributed by atoms with van der Waals surface area (Å²) in [5.41, 5.74) is 2.86. The molecule has 0 saturated carbocycles. The molecule has 2 N–H and O–H groups in total. The van der Waals surface area contributed by atoms with Gasteiger partial charge in [-0.05, 0) is 35.7 Å². The fraction of sp³-hybridized carbons (Fsp3) is 0.250. The second kappa shape index (κ2) is 9.57. The number of nitrogens with one attached hydrogen (secondary N) is 2. The lowest BCUT2D eigenvalue weighted by Crippen LogP contribution is -2.13. The minimum absolute atomic E-state index is 0.0725. The van der Waals surface area contributed by atoms with E-state index in [1.807, 2.05) is 48.5 Å². The largest absolute Gasteiger partial charge is 0.495 e. The van der Waals surface area contributed by atoms with Crippen LogP contribution < -0.4 is 15.4 Å². The maximum absolute atomic E-state index is 12.2. The molecule has 28 heavy (non-hydrogen) atoms. The van der Waals surface area contributed by atoms with Gasteiger partial charge in [-0.1, -0.05) is 61.2 Å². The van der Waals surface area contributed by atoms with Crippen LogP contribution in [0.2, 0.25) is 0 Å². The predicted molar refractivity (Wildman–Crippen MR) is 116 cm³/mol. The van der Waals surface area contributed by atoms with Crippen LogP contribution in [0, 0.1) is 0 Å². The van der Waals surface area contributed by atoms with Gasteiger partial charge in [0.25, 0.3) is 0 Å². The summed E-state index contributed by atoms with van der Waals surface area (Å²) in [6.07, 6.45) is 0. The van der Waals surface area contributed by atoms with Crippen molar-refractivity contribution in [3.05, 3.63) is 54.1 Å². The molecule has 0 aliphatic heterocycles. The molecule has 0 radical (unpaired) electrons. The molecular formula is C20H22N4O2S2. The van der Waals surface area contributed by atoms with Crippen molar-refractivity contribution < 1.29 is 9.53 Å². The summed E-state index contributed by atoms with van der Waals surface area (Å²) in [6, 6.07) is 15.5. The number of aromatic nitrogens is 2. The maximum atomic E-state index is 12.2. The van der Waals surface area contributed by atoms with Crippen LogP contribution in [0.1, 0.15) is 25.3 Å². The van der Waals surface area contributed by atoms with Crippen LogP contribution in [-0.4, -0.2) is 29.0 Å². The van der Waals surface area contributed by atoms with Crippen LogP contribution in [0.5, 0.6) is 5.75 Å². The molecule has 0 spiro atoms. The van der Waals surface area contributed by atoms with Gasteiger partial charge in [-0.2, -0.15) is 0 Å². The van der Waals surface area contributed by atoms with Gasteiger partial charge in [0, 0.05) is 5.69 Å². The SMILES string of the molecule is COc1ccccc1Nc1nnc(SCC(=O)Nc2ccc(C(C)C)cc2)s1. The van der Waals surface area contributed by atoms with Crippen molar-refractivity contribution in [1.29, 1.82) is 0 Å². The molecule has 0 atom stereocenters. The lowest BCUT2D eigenvalue weighted by molar-refractivity contribution is -0.113. The molecule has 1 amide bonds. The molecule has 6 nitrogen and oxygen atoms in total. The normalized spacial score (nSPS) is 10.7. The van der Waals surface area contributed by atoms with Gasteiger partial charge < -0.3 is 15.4 Å². The summed E-state index contributed by atoms with van der Waals surface area (Å²) in [5.74, 6) is 1.40. The Morgan fingerprint density at radius 3 is 2.61 bits per heavy atom. The minimum atomic E-state index is -0.0725. The van der Waals surface area contributed by atoms with E-state index in [2.05, 4.69) is 34.7 Å². The lowest BCUT2D eigenvalue weighted by atomic mass is 10.0. The average Bonchev–Trinajstić information content (AvgIpc) is 3.14. The first-order chi connectivity index (χ1) is 13.5. The van der Waals surface area contributed by atoms with E-state index in [1.165, 1.54) is 28.7 Å². The Hall–Kier alpha value is -2.58. The quantitative estimate of drug-likeness (QED) is 0.497. The summed E-state index contributed by atoms with van der Waals surface area (Å²) in [6.45, 7) is 4.28. The van der Waals surface area contributed by atoms with Crippen LogP contribution in [0.15, 0.2) is 52.9 Å². The van der Waals surface area contributed by atoms with Gasteiger partial charge in [0.2, 0.25) is 11.0 Å². The molecule has 0 aliphatic rings. The van der Waals surface area contributed by atoms with Crippen LogP contribution >= 0.6 is 23.1 Å². The fourth-order valence-corrected chi connectivity index (χ4v) is 4.02. The molecule has 0 bridgehead atoms. The number of ether oxygens (including phenoxy) is 1. The molecule has 0 saturated heterocycles. The standard InChI is InChI=1S/C20H22N4O2S2/c1-13(2)14-8-10-15(11-9-14)21-18(25)12-27-20-24-23-19(28-20)22-16-6-4-5-7-17(16)26-3/h4-11,13H,12H2,1-3H3,(H,21,25)(H,22,23). The fourth-order valence-electron chi connectivity index (χ4n) is 2.46. The van der Waals surface area contributed by atoms with E-state index in [9.17, 15) is 4.79 Å². The zero-order valence-electron chi connectivity index (χ0n) is 15.9. The first-order valence-electron chi connectivity index (χ1n) is 8.81. The number of para-hydroxylation sites is 2. The highest BCUT2D eigenvalue weighted by atomic mass is 32.2. The second-order valence-electron chi connectivity index (χ2n) is 6.31. The average molecular weight is 415 g/mol. The molecule has 1 heterocycles. The number of nitrogens with zero attached hydrogens (tertiary/aromatic N) is 2. The molecule has 146 valence electrons. The summed E-state index contributed by atoms with van der Waals surface area (Å²) in [7, 11) is 1.62. The zero-order valence-corrected chi connectivity index (χ0v) is 17.6. The van der Waals surface area contributed by atoms with Gasteiger partial charge >= 0.3 is 0 Å². The molecule has 1 aromatic heterocycles. The smallest absolute Gasteiger partial charge is 0.234 e. The number of hydrogen-bond donors (Lipinski definition) is 2. The van der Waals surface area contributed by atoms with E-state index in [4.69, 9.17) is 4.74 Å². The summed E-state index contributed by atoms with van der Waals surface area (Å²) < 4.78 is 6.04. The van der Waals surface area contributed by atoms with Gasteiger partial charge in [0.1, 0.15) is 5.75 Å². The Labute approximate surface area is 172 Å². The van der Waals surface area contributed by atoms with Gasteiger partial charge in [0.15, 0.2) is 4.34 Å². The maximum Gasteiger partial charge on any atom is 0.234 e. The zero-order chi connectivity index (χ0) is 19.9. The van der Waals surface area contributed by atoms with Crippen molar-refractivity contribution >= 4 is 45.5 Å². The van der Waals surface area contributed by atoms with Crippen molar-refractivity contribution in [2.24, 2.45) is 0 Å². The van der Waals surface area contributed by atoms with Gasteiger partial charge in [-0.25, -0.2) is 0 Å². The van der Waals surface area contributed by atoms with Crippen molar-refractivity contribution in [3.63, 3.8) is 0 Å². The van der Waals surface area contributed by atoms with E-state index < -0.39 is 0 Å². The third-order valence-corrected chi connectivity index (χ3v) is 5.91. The van der Waals surface area contributed by atoms with Crippen LogP contribution in [-0.2, 0) is 4.79 Å². The van der Waals surface area contributed by atoms with Gasteiger partial charge in [-0.3, -0.25) is 4.79 Å². The van der Waals surface area contributed by atoms with Gasteiger partial charge in [-0.15, -0.1) is 10.2 Å². The lowest BCUT2D eigenvalue weighted by Gasteiger charge is -2.08. The summed E-state index contributed by atoms with van der Waals surface area (Å²) in [5, 5.41) is 15.0. The highest BCUT2D eigenvalue weighted by molar-refractivity contribution is 8.01. The number of hydrogen-bond acceptors (Lipinski definition) is 7. The third kappa shape index (κ3) is 5.46. The van der Waals surface area contributed by atoms with Crippen LogP contribution in [0.25, 0.3) is 0 Å². The number of anilines is 3. The van der Waals surface area contributed by atoms with Crippen LogP contribution in [0.3, 0.4) is 0 Å². The van der Waals surface area contributed by atoms with Crippen molar-refractivity contribution in [3.8, 4) is 5.75 Å². The van der Waals surface area contributed by atoms with Crippen molar-refractivity contribution in [1.82, 2.24) is 10.2 Å². The molecule has 0 unspecified atom stereocenters. The number of rotatable bonds is 8. The minimum Gasteiger partial charge on any atom is -0.495 e. The molecule has 0 fully saturated rings. The monoisotopic (exact) mass is 414 g/mol. The Kier molecular flexibility index (Phi) is 6.89. The first kappa shape index (κ1) is 20.2. The van der Waals surface area contributed by atoms with E-state index >= 15 is 0 Å². The number of amides is 1. The number of carbonyl (C=O) groups excluding carboxylic acids is 1. The van der Waals surface area contributed by atoms with Crippen molar-refractivity contribution in [2.75, 3.05) is 23.5 Å². The number of thioether (sulfide) groups is 1. The highest BCUT2D eigenvalue weighted by Gasteiger charge is 2.10. The van der Waals surface area contributed by atoms with Crippen LogP contribution in [0.4, 0.5) is 16.5 Å². The second-order valence-corrected chi connectivity index (χ2v) is 8.51. The van der Waals surface area contributed by atoms with E-state index in [0.29, 0.717) is 11.0 Å². The highest BCUT2D eigenvalue weighted by Crippen LogP contribution is 2.31. The molecule has 3 aromatic rings. The van der Waals surface area contributed by atoms with E-state index in [0.717, 1.165) is 21.5 Å². The Bertz CT molecular complexity index is 926. The predicted octanol–water partition coefficient (Wildman–Crippen LogP) is 5.14. The molecule has 2 aromatic carbocycles. The molecule has 0 aliphatic carbocycles. The third-order valence-electron chi connectivity index (χ3n) is 3.94. The Morgan fingerprint density at radius 2 is 1.89 bits per heavy atom. The summed E-state index contributed by atoms with van der Waals surface area (Å²) in [4.78, 5) is 12.2. The Balaban J connectivity index is 1.51. The number of benzene rings is 2. The van der Waals surface area contributed by atoms with Crippen molar-refractivity contribution in [2.45, 2.75) is 24.1 Å². The number of carbonyl (C=O) groups is 1. The molecular weight excluding hydrogens is 392 g/mol.